The van der Waals surface area contributed by atoms with E-state index >= 15 is 0 Å². The molecule has 3 atom stereocenters. The van der Waals surface area contributed by atoms with E-state index < -0.39 is 0 Å². The fraction of sp³-hybridized carbons (Fsp3) is 1.00. The fourth-order valence-corrected chi connectivity index (χ4v) is 1.76. The minimum absolute atomic E-state index is 0.0485. The van der Waals surface area contributed by atoms with Crippen LogP contribution in [0.3, 0.4) is 0 Å². The van der Waals surface area contributed by atoms with Crippen molar-refractivity contribution in [2.45, 2.75) is 59.2 Å². The summed E-state index contributed by atoms with van der Waals surface area (Å²) in [6.45, 7) is 8.16. The highest BCUT2D eigenvalue weighted by atomic mass is 16.3. The second-order valence-electron chi connectivity index (χ2n) is 4.24. The molecule has 3 unspecified atom stereocenters. The van der Waals surface area contributed by atoms with Crippen LogP contribution in [0.2, 0.25) is 0 Å². The summed E-state index contributed by atoms with van der Waals surface area (Å²) in [7, 11) is 0. The molecule has 0 aliphatic heterocycles. The van der Waals surface area contributed by atoms with Crippen molar-refractivity contribution in [1.29, 1.82) is 0 Å². The molecule has 0 saturated heterocycles. The van der Waals surface area contributed by atoms with Crippen LogP contribution in [0, 0.1) is 11.8 Å². The van der Waals surface area contributed by atoms with Crippen LogP contribution in [0.25, 0.3) is 0 Å². The second kappa shape index (κ2) is 6.39. The van der Waals surface area contributed by atoms with Crippen LogP contribution < -0.4 is 0 Å². The average Bonchev–Trinajstić information content (AvgIpc) is 2.03. The average molecular weight is 188 g/mol. The standard InChI is InChI=1S/C11H24O2/c1-5-9(10(12)6-2)11(13)7-8(3)4/h8-13H,5-7H2,1-4H3. The summed E-state index contributed by atoms with van der Waals surface area (Å²) in [5, 5.41) is 19.5. The Kier molecular flexibility index (Phi) is 6.35. The molecule has 0 aromatic heterocycles. The zero-order chi connectivity index (χ0) is 10.4. The minimum Gasteiger partial charge on any atom is -0.393 e. The van der Waals surface area contributed by atoms with Crippen molar-refractivity contribution < 1.29 is 10.2 Å². The number of aliphatic hydroxyl groups excluding tert-OH is 2. The van der Waals surface area contributed by atoms with Crippen molar-refractivity contribution in [3.05, 3.63) is 0 Å². The first-order valence-electron chi connectivity index (χ1n) is 5.38. The minimum atomic E-state index is -0.348. The zero-order valence-electron chi connectivity index (χ0n) is 9.33. The van der Waals surface area contributed by atoms with Crippen LogP contribution in [0.15, 0.2) is 0 Å². The molecule has 0 aliphatic rings. The maximum absolute atomic E-state index is 9.82. The highest BCUT2D eigenvalue weighted by Gasteiger charge is 2.24. The summed E-state index contributed by atoms with van der Waals surface area (Å²) in [4.78, 5) is 0. The first-order valence-corrected chi connectivity index (χ1v) is 5.38. The molecule has 0 fully saturated rings. The summed E-state index contributed by atoms with van der Waals surface area (Å²) in [5.41, 5.74) is 0. The zero-order valence-corrected chi connectivity index (χ0v) is 9.33. The number of hydrogen-bond donors (Lipinski definition) is 2. The van der Waals surface area contributed by atoms with Gasteiger partial charge >= 0.3 is 0 Å². The predicted octanol–water partition coefficient (Wildman–Crippen LogP) is 2.19. The molecule has 0 radical (unpaired) electrons. The van der Waals surface area contributed by atoms with Crippen molar-refractivity contribution in [3.63, 3.8) is 0 Å². The Morgan fingerprint density at radius 1 is 0.923 bits per heavy atom. The van der Waals surface area contributed by atoms with Crippen molar-refractivity contribution in [3.8, 4) is 0 Å². The first kappa shape index (κ1) is 12.9. The molecule has 13 heavy (non-hydrogen) atoms. The number of rotatable bonds is 6. The molecule has 2 N–H and O–H groups in total. The topological polar surface area (TPSA) is 40.5 Å². The summed E-state index contributed by atoms with van der Waals surface area (Å²) < 4.78 is 0. The molecule has 0 bridgehead atoms. The molecule has 0 aromatic rings. The van der Waals surface area contributed by atoms with Crippen molar-refractivity contribution in [1.82, 2.24) is 0 Å². The van der Waals surface area contributed by atoms with Gasteiger partial charge in [-0.3, -0.25) is 0 Å². The van der Waals surface area contributed by atoms with E-state index in [0.29, 0.717) is 5.92 Å². The molecule has 2 heteroatoms. The van der Waals surface area contributed by atoms with Gasteiger partial charge in [-0.2, -0.15) is 0 Å². The summed E-state index contributed by atoms with van der Waals surface area (Å²) >= 11 is 0. The maximum atomic E-state index is 9.82. The Hall–Kier alpha value is -0.0800. The Balaban J connectivity index is 4.06. The second-order valence-corrected chi connectivity index (χ2v) is 4.24. The van der Waals surface area contributed by atoms with Gasteiger partial charge in [0.25, 0.3) is 0 Å². The predicted molar refractivity (Wildman–Crippen MR) is 55.5 cm³/mol. The third kappa shape index (κ3) is 4.63. The highest BCUT2D eigenvalue weighted by molar-refractivity contribution is 4.75. The lowest BCUT2D eigenvalue weighted by Crippen LogP contribution is -2.31. The fourth-order valence-electron chi connectivity index (χ4n) is 1.76. The third-order valence-corrected chi connectivity index (χ3v) is 2.59. The molecule has 2 nitrogen and oxygen atoms in total. The van der Waals surface area contributed by atoms with Crippen molar-refractivity contribution >= 4 is 0 Å². The van der Waals surface area contributed by atoms with Gasteiger partial charge in [-0.05, 0) is 25.2 Å². The van der Waals surface area contributed by atoms with Crippen LogP contribution in [0.4, 0.5) is 0 Å². The molecule has 0 saturated carbocycles. The lowest BCUT2D eigenvalue weighted by molar-refractivity contribution is -0.000751. The maximum Gasteiger partial charge on any atom is 0.0595 e. The Morgan fingerprint density at radius 2 is 1.46 bits per heavy atom. The van der Waals surface area contributed by atoms with Gasteiger partial charge in [-0.1, -0.05) is 27.7 Å². The molecule has 0 amide bonds. The van der Waals surface area contributed by atoms with Crippen LogP contribution in [0.1, 0.15) is 47.0 Å². The summed E-state index contributed by atoms with van der Waals surface area (Å²) in [6, 6.07) is 0. The van der Waals surface area contributed by atoms with Gasteiger partial charge in [0.1, 0.15) is 0 Å². The normalized spacial score (nSPS) is 18.7. The Labute approximate surface area is 82.0 Å². The van der Waals surface area contributed by atoms with Crippen LogP contribution in [-0.2, 0) is 0 Å². The van der Waals surface area contributed by atoms with Gasteiger partial charge in [0, 0.05) is 5.92 Å². The molecule has 0 aromatic carbocycles. The van der Waals surface area contributed by atoms with E-state index in [-0.39, 0.29) is 18.1 Å². The molecular formula is C11H24O2. The van der Waals surface area contributed by atoms with E-state index in [2.05, 4.69) is 13.8 Å². The van der Waals surface area contributed by atoms with E-state index in [1.165, 1.54) is 0 Å². The van der Waals surface area contributed by atoms with E-state index in [1.54, 1.807) is 0 Å². The van der Waals surface area contributed by atoms with E-state index in [9.17, 15) is 10.2 Å². The Morgan fingerprint density at radius 3 is 1.77 bits per heavy atom. The molecule has 0 aliphatic carbocycles. The molecule has 0 spiro atoms. The van der Waals surface area contributed by atoms with E-state index in [0.717, 1.165) is 19.3 Å². The lowest BCUT2D eigenvalue weighted by atomic mass is 9.87. The van der Waals surface area contributed by atoms with E-state index in [1.807, 2.05) is 13.8 Å². The van der Waals surface area contributed by atoms with Crippen LogP contribution in [0.5, 0.6) is 0 Å². The van der Waals surface area contributed by atoms with Gasteiger partial charge in [0.15, 0.2) is 0 Å². The van der Waals surface area contributed by atoms with Crippen LogP contribution in [-0.4, -0.2) is 22.4 Å². The molecule has 0 rings (SSSR count). The van der Waals surface area contributed by atoms with Gasteiger partial charge < -0.3 is 10.2 Å². The third-order valence-electron chi connectivity index (χ3n) is 2.59. The largest absolute Gasteiger partial charge is 0.393 e. The van der Waals surface area contributed by atoms with Crippen molar-refractivity contribution in [2.24, 2.45) is 11.8 Å². The van der Waals surface area contributed by atoms with Gasteiger partial charge in [0.2, 0.25) is 0 Å². The van der Waals surface area contributed by atoms with E-state index in [4.69, 9.17) is 0 Å². The highest BCUT2D eigenvalue weighted by Crippen LogP contribution is 2.21. The lowest BCUT2D eigenvalue weighted by Gasteiger charge is -2.26. The van der Waals surface area contributed by atoms with Gasteiger partial charge in [-0.15, -0.1) is 0 Å². The smallest absolute Gasteiger partial charge is 0.0595 e. The monoisotopic (exact) mass is 188 g/mol. The SMILES string of the molecule is CCC(O)C(CC)C(O)CC(C)C. The van der Waals surface area contributed by atoms with Gasteiger partial charge in [0.05, 0.1) is 12.2 Å². The number of aliphatic hydroxyl groups is 2. The summed E-state index contributed by atoms with van der Waals surface area (Å²) in [6.07, 6.45) is 1.67. The summed E-state index contributed by atoms with van der Waals surface area (Å²) in [5.74, 6) is 0.542. The first-order chi connectivity index (χ1) is 6.02. The number of hydrogen-bond acceptors (Lipinski definition) is 2. The molecular weight excluding hydrogens is 164 g/mol. The van der Waals surface area contributed by atoms with Crippen LogP contribution >= 0.6 is 0 Å². The Bertz CT molecular complexity index is 123. The van der Waals surface area contributed by atoms with Gasteiger partial charge in [-0.25, -0.2) is 0 Å². The van der Waals surface area contributed by atoms with Crippen molar-refractivity contribution in [2.75, 3.05) is 0 Å². The molecule has 80 valence electrons. The quantitative estimate of drug-likeness (QED) is 0.671. The molecule has 0 heterocycles.